The molecule has 0 fully saturated rings. The van der Waals surface area contributed by atoms with E-state index in [1.807, 2.05) is 13.8 Å². The van der Waals surface area contributed by atoms with Crippen molar-refractivity contribution in [2.24, 2.45) is 0 Å². The van der Waals surface area contributed by atoms with E-state index in [2.05, 4.69) is 9.97 Å². The van der Waals surface area contributed by atoms with Gasteiger partial charge in [-0.05, 0) is 13.8 Å². The molecule has 1 aromatic heterocycles. The topological polar surface area (TPSA) is 75.4 Å². The number of nitrogens with two attached hydrogens (primary N) is 1. The van der Waals surface area contributed by atoms with E-state index < -0.39 is 0 Å². The summed E-state index contributed by atoms with van der Waals surface area (Å²) >= 11 is 5.97. The predicted octanol–water partition coefficient (Wildman–Crippen LogP) is 1.02. The van der Waals surface area contributed by atoms with Crippen LogP contribution in [0.5, 0.6) is 0 Å². The SMILES string of the molecule is CCN(CC)C(=O)CN(C)c1nc(N)ncc1Cl. The highest BCUT2D eigenvalue weighted by Crippen LogP contribution is 2.21. The third-order valence-corrected chi connectivity index (χ3v) is 2.86. The van der Waals surface area contributed by atoms with Crippen LogP contribution in [0.1, 0.15) is 13.8 Å². The lowest BCUT2D eigenvalue weighted by Crippen LogP contribution is -2.39. The number of aromatic nitrogens is 2. The van der Waals surface area contributed by atoms with Crippen LogP contribution >= 0.6 is 11.6 Å². The Labute approximate surface area is 112 Å². The van der Waals surface area contributed by atoms with Gasteiger partial charge in [0.05, 0.1) is 12.7 Å². The summed E-state index contributed by atoms with van der Waals surface area (Å²) in [6, 6.07) is 0. The fourth-order valence-electron chi connectivity index (χ4n) is 1.59. The normalized spacial score (nSPS) is 10.2. The van der Waals surface area contributed by atoms with Crippen molar-refractivity contribution in [1.82, 2.24) is 14.9 Å². The van der Waals surface area contributed by atoms with E-state index in [4.69, 9.17) is 17.3 Å². The Kier molecular flexibility index (Phi) is 5.15. The zero-order valence-electron chi connectivity index (χ0n) is 10.9. The Morgan fingerprint density at radius 2 is 2.06 bits per heavy atom. The van der Waals surface area contributed by atoms with Crippen LogP contribution in [-0.4, -0.2) is 47.5 Å². The van der Waals surface area contributed by atoms with Crippen LogP contribution in [-0.2, 0) is 4.79 Å². The van der Waals surface area contributed by atoms with Crippen LogP contribution in [0.3, 0.4) is 0 Å². The van der Waals surface area contributed by atoms with Gasteiger partial charge in [0.25, 0.3) is 0 Å². The molecule has 1 amide bonds. The lowest BCUT2D eigenvalue weighted by molar-refractivity contribution is -0.129. The molecule has 6 nitrogen and oxygen atoms in total. The highest BCUT2D eigenvalue weighted by Gasteiger charge is 2.16. The van der Waals surface area contributed by atoms with Crippen LogP contribution in [0.4, 0.5) is 11.8 Å². The number of hydrogen-bond acceptors (Lipinski definition) is 5. The third kappa shape index (κ3) is 3.46. The van der Waals surface area contributed by atoms with E-state index in [-0.39, 0.29) is 18.4 Å². The van der Waals surface area contributed by atoms with Gasteiger partial charge < -0.3 is 15.5 Å². The molecule has 1 heterocycles. The minimum absolute atomic E-state index is 0.0238. The van der Waals surface area contributed by atoms with Gasteiger partial charge in [-0.3, -0.25) is 4.79 Å². The van der Waals surface area contributed by atoms with Crippen LogP contribution in [0.2, 0.25) is 5.02 Å². The first kappa shape index (κ1) is 14.5. The van der Waals surface area contributed by atoms with Crippen molar-refractivity contribution in [1.29, 1.82) is 0 Å². The first-order chi connectivity index (χ1) is 8.49. The lowest BCUT2D eigenvalue weighted by atomic mass is 10.4. The molecular weight excluding hydrogens is 254 g/mol. The Morgan fingerprint density at radius 3 is 2.61 bits per heavy atom. The number of nitrogen functional groups attached to an aromatic ring is 1. The average molecular weight is 272 g/mol. The molecule has 0 saturated carbocycles. The molecule has 0 atom stereocenters. The Morgan fingerprint density at radius 1 is 1.44 bits per heavy atom. The number of likely N-dealkylation sites (N-methyl/N-ethyl adjacent to an activating group) is 2. The minimum Gasteiger partial charge on any atom is -0.368 e. The molecule has 0 unspecified atom stereocenters. The zero-order chi connectivity index (χ0) is 13.7. The Hall–Kier alpha value is -1.56. The summed E-state index contributed by atoms with van der Waals surface area (Å²) in [5.74, 6) is 0.622. The average Bonchev–Trinajstić information content (AvgIpc) is 2.33. The van der Waals surface area contributed by atoms with Gasteiger partial charge in [-0.1, -0.05) is 11.6 Å². The van der Waals surface area contributed by atoms with E-state index in [0.717, 1.165) is 0 Å². The van der Waals surface area contributed by atoms with E-state index in [1.54, 1.807) is 16.8 Å². The first-order valence-corrected chi connectivity index (χ1v) is 6.14. The number of carbonyl (C=O) groups is 1. The van der Waals surface area contributed by atoms with Gasteiger partial charge in [0.1, 0.15) is 5.02 Å². The second kappa shape index (κ2) is 6.39. The van der Waals surface area contributed by atoms with Gasteiger partial charge >= 0.3 is 0 Å². The van der Waals surface area contributed by atoms with Crippen LogP contribution < -0.4 is 10.6 Å². The highest BCUT2D eigenvalue weighted by atomic mass is 35.5. The molecular formula is C11H18ClN5O. The maximum absolute atomic E-state index is 12.0. The second-order valence-corrected chi connectivity index (χ2v) is 4.23. The molecule has 1 aromatic rings. The molecule has 0 aliphatic heterocycles. The highest BCUT2D eigenvalue weighted by molar-refractivity contribution is 6.32. The molecule has 0 aliphatic carbocycles. The maximum Gasteiger partial charge on any atom is 0.242 e. The molecule has 0 aromatic carbocycles. The van der Waals surface area contributed by atoms with Crippen molar-refractivity contribution in [2.45, 2.75) is 13.8 Å². The van der Waals surface area contributed by atoms with Crippen LogP contribution in [0, 0.1) is 0 Å². The number of nitrogens with zero attached hydrogens (tertiary/aromatic N) is 4. The fourth-order valence-corrected chi connectivity index (χ4v) is 1.83. The molecule has 1 rings (SSSR count). The maximum atomic E-state index is 12.0. The number of halogens is 1. The zero-order valence-corrected chi connectivity index (χ0v) is 11.6. The van der Waals surface area contributed by atoms with Gasteiger partial charge in [-0.2, -0.15) is 4.98 Å². The van der Waals surface area contributed by atoms with E-state index in [1.165, 1.54) is 6.20 Å². The summed E-state index contributed by atoms with van der Waals surface area (Å²) in [7, 11) is 1.75. The number of anilines is 2. The second-order valence-electron chi connectivity index (χ2n) is 3.82. The van der Waals surface area contributed by atoms with Crippen molar-refractivity contribution < 1.29 is 4.79 Å². The van der Waals surface area contributed by atoms with Gasteiger partial charge in [0, 0.05) is 20.1 Å². The molecule has 100 valence electrons. The largest absolute Gasteiger partial charge is 0.368 e. The molecule has 0 saturated heterocycles. The summed E-state index contributed by atoms with van der Waals surface area (Å²) in [6.45, 7) is 5.46. The van der Waals surface area contributed by atoms with Gasteiger partial charge in [-0.15, -0.1) is 0 Å². The molecule has 7 heteroatoms. The van der Waals surface area contributed by atoms with E-state index in [9.17, 15) is 4.79 Å². The van der Waals surface area contributed by atoms with Crippen molar-refractivity contribution in [3.63, 3.8) is 0 Å². The fraction of sp³-hybridized carbons (Fsp3) is 0.545. The van der Waals surface area contributed by atoms with Crippen molar-refractivity contribution in [2.75, 3.05) is 37.3 Å². The quantitative estimate of drug-likeness (QED) is 0.865. The van der Waals surface area contributed by atoms with Crippen molar-refractivity contribution in [3.8, 4) is 0 Å². The Bertz CT molecular complexity index is 422. The summed E-state index contributed by atoms with van der Waals surface area (Å²) in [4.78, 5) is 23.2. The number of carbonyl (C=O) groups excluding carboxylic acids is 1. The van der Waals surface area contributed by atoms with Gasteiger partial charge in [0.2, 0.25) is 11.9 Å². The molecule has 0 aliphatic rings. The third-order valence-electron chi connectivity index (χ3n) is 2.59. The standard InChI is InChI=1S/C11H18ClN5O/c1-4-17(5-2)9(18)7-16(3)10-8(12)6-14-11(13)15-10/h6H,4-5,7H2,1-3H3,(H2,13,14,15). The molecule has 0 bridgehead atoms. The molecule has 0 radical (unpaired) electrons. The Balaban J connectivity index is 2.79. The number of amides is 1. The van der Waals surface area contributed by atoms with Gasteiger partial charge in [-0.25, -0.2) is 4.98 Å². The van der Waals surface area contributed by atoms with Crippen LogP contribution in [0.15, 0.2) is 6.20 Å². The summed E-state index contributed by atoms with van der Waals surface area (Å²) < 4.78 is 0. The summed E-state index contributed by atoms with van der Waals surface area (Å²) in [5.41, 5.74) is 5.51. The summed E-state index contributed by atoms with van der Waals surface area (Å²) in [6.07, 6.45) is 1.43. The predicted molar refractivity (Wildman–Crippen MR) is 72.7 cm³/mol. The molecule has 2 N–H and O–H groups in total. The lowest BCUT2D eigenvalue weighted by Gasteiger charge is -2.24. The van der Waals surface area contributed by atoms with Crippen molar-refractivity contribution in [3.05, 3.63) is 11.2 Å². The van der Waals surface area contributed by atoms with Crippen LogP contribution in [0.25, 0.3) is 0 Å². The van der Waals surface area contributed by atoms with Crippen molar-refractivity contribution >= 4 is 29.3 Å². The molecule has 18 heavy (non-hydrogen) atoms. The first-order valence-electron chi connectivity index (χ1n) is 5.76. The van der Waals surface area contributed by atoms with E-state index in [0.29, 0.717) is 23.9 Å². The minimum atomic E-state index is 0.0238. The smallest absolute Gasteiger partial charge is 0.242 e. The summed E-state index contributed by atoms with van der Waals surface area (Å²) in [5, 5.41) is 0.374. The number of rotatable bonds is 5. The molecule has 0 spiro atoms. The number of hydrogen-bond donors (Lipinski definition) is 1. The van der Waals surface area contributed by atoms with Gasteiger partial charge in [0.15, 0.2) is 5.82 Å². The monoisotopic (exact) mass is 271 g/mol. The van der Waals surface area contributed by atoms with E-state index >= 15 is 0 Å².